The number of aryl methyl sites for hydroxylation is 3. The molecule has 0 atom stereocenters. The van der Waals surface area contributed by atoms with Gasteiger partial charge in [-0.1, -0.05) is 18.2 Å². The molecular weight excluding hydrogens is 205 g/mol. The fourth-order valence-electron chi connectivity index (χ4n) is 1.63. The van der Waals surface area contributed by atoms with Gasteiger partial charge in [0.15, 0.2) is 0 Å². The van der Waals surface area contributed by atoms with Crippen molar-refractivity contribution in [1.29, 1.82) is 0 Å². The van der Waals surface area contributed by atoms with Crippen LogP contribution in [0.3, 0.4) is 0 Å². The summed E-state index contributed by atoms with van der Waals surface area (Å²) in [6, 6.07) is 8.62. The standard InChI is InChI=1S/C12H14FN3/c1-16-12(14)8-10(15-16)7-6-9-4-2-3-5-11(9)13/h2-5,8H,6-7,14H2,1H3. The molecule has 1 aromatic heterocycles. The molecule has 0 bridgehead atoms. The highest BCUT2D eigenvalue weighted by Crippen LogP contribution is 2.11. The van der Waals surface area contributed by atoms with Crippen LogP contribution in [-0.2, 0) is 19.9 Å². The number of nitrogens with zero attached hydrogens (tertiary/aromatic N) is 2. The summed E-state index contributed by atoms with van der Waals surface area (Å²) < 4.78 is 14.9. The average Bonchev–Trinajstić information content (AvgIpc) is 2.57. The second kappa shape index (κ2) is 4.35. The van der Waals surface area contributed by atoms with Gasteiger partial charge in [0.1, 0.15) is 11.6 Å². The molecule has 0 spiro atoms. The number of benzene rings is 1. The van der Waals surface area contributed by atoms with E-state index in [-0.39, 0.29) is 5.82 Å². The predicted octanol–water partition coefficient (Wildman–Crippen LogP) is 1.93. The molecule has 84 valence electrons. The Morgan fingerprint density at radius 1 is 1.31 bits per heavy atom. The van der Waals surface area contributed by atoms with Crippen molar-refractivity contribution in [3.63, 3.8) is 0 Å². The molecule has 1 aromatic carbocycles. The van der Waals surface area contributed by atoms with Crippen LogP contribution in [0.5, 0.6) is 0 Å². The zero-order valence-electron chi connectivity index (χ0n) is 9.15. The summed E-state index contributed by atoms with van der Waals surface area (Å²) in [4.78, 5) is 0. The van der Waals surface area contributed by atoms with Crippen LogP contribution in [0.2, 0.25) is 0 Å². The smallest absolute Gasteiger partial charge is 0.126 e. The molecule has 0 radical (unpaired) electrons. The Kier molecular flexibility index (Phi) is 2.90. The summed E-state index contributed by atoms with van der Waals surface area (Å²) >= 11 is 0. The lowest BCUT2D eigenvalue weighted by atomic mass is 10.1. The minimum atomic E-state index is -0.161. The van der Waals surface area contributed by atoms with Crippen molar-refractivity contribution < 1.29 is 4.39 Å². The monoisotopic (exact) mass is 219 g/mol. The fourth-order valence-corrected chi connectivity index (χ4v) is 1.63. The van der Waals surface area contributed by atoms with E-state index in [4.69, 9.17) is 5.73 Å². The molecule has 2 rings (SSSR count). The largest absolute Gasteiger partial charge is 0.384 e. The lowest BCUT2D eigenvalue weighted by Gasteiger charge is -2.00. The second-order valence-electron chi connectivity index (χ2n) is 3.78. The number of halogens is 1. The van der Waals surface area contributed by atoms with Crippen molar-refractivity contribution in [1.82, 2.24) is 9.78 Å². The number of aromatic nitrogens is 2. The van der Waals surface area contributed by atoms with Crippen LogP contribution >= 0.6 is 0 Å². The Hall–Kier alpha value is -1.84. The second-order valence-corrected chi connectivity index (χ2v) is 3.78. The molecule has 4 heteroatoms. The first kappa shape index (κ1) is 10.7. The predicted molar refractivity (Wildman–Crippen MR) is 61.4 cm³/mol. The van der Waals surface area contributed by atoms with Gasteiger partial charge < -0.3 is 5.73 Å². The van der Waals surface area contributed by atoms with E-state index in [0.717, 1.165) is 5.69 Å². The lowest BCUT2D eigenvalue weighted by Crippen LogP contribution is -1.98. The van der Waals surface area contributed by atoms with Crippen molar-refractivity contribution in [3.05, 3.63) is 47.4 Å². The van der Waals surface area contributed by atoms with E-state index < -0.39 is 0 Å². The summed E-state index contributed by atoms with van der Waals surface area (Å²) in [5, 5.41) is 4.22. The minimum absolute atomic E-state index is 0.161. The maximum Gasteiger partial charge on any atom is 0.126 e. The SMILES string of the molecule is Cn1nc(CCc2ccccc2F)cc1N. The van der Waals surface area contributed by atoms with Crippen molar-refractivity contribution in [3.8, 4) is 0 Å². The van der Waals surface area contributed by atoms with E-state index in [1.165, 1.54) is 6.07 Å². The van der Waals surface area contributed by atoms with Crippen molar-refractivity contribution in [2.45, 2.75) is 12.8 Å². The van der Waals surface area contributed by atoms with Crippen molar-refractivity contribution in [2.75, 3.05) is 5.73 Å². The first-order valence-electron chi connectivity index (χ1n) is 5.18. The minimum Gasteiger partial charge on any atom is -0.384 e. The molecule has 2 aromatic rings. The molecule has 1 heterocycles. The molecule has 16 heavy (non-hydrogen) atoms. The maximum atomic E-state index is 13.3. The van der Waals surface area contributed by atoms with Gasteiger partial charge in [-0.05, 0) is 24.5 Å². The fraction of sp³-hybridized carbons (Fsp3) is 0.250. The third-order valence-electron chi connectivity index (χ3n) is 2.57. The number of anilines is 1. The van der Waals surface area contributed by atoms with Gasteiger partial charge in [-0.2, -0.15) is 5.10 Å². The summed E-state index contributed by atoms with van der Waals surface area (Å²) in [5.41, 5.74) is 7.27. The zero-order chi connectivity index (χ0) is 11.5. The van der Waals surface area contributed by atoms with Gasteiger partial charge in [0.25, 0.3) is 0 Å². The molecule has 2 N–H and O–H groups in total. The van der Waals surface area contributed by atoms with Gasteiger partial charge in [0.2, 0.25) is 0 Å². The van der Waals surface area contributed by atoms with E-state index in [2.05, 4.69) is 5.10 Å². The highest BCUT2D eigenvalue weighted by atomic mass is 19.1. The zero-order valence-corrected chi connectivity index (χ0v) is 9.15. The van der Waals surface area contributed by atoms with Gasteiger partial charge in [-0.3, -0.25) is 4.68 Å². The molecule has 0 saturated carbocycles. The normalized spacial score (nSPS) is 10.6. The van der Waals surface area contributed by atoms with Crippen molar-refractivity contribution >= 4 is 5.82 Å². The molecule has 0 unspecified atom stereocenters. The van der Waals surface area contributed by atoms with Crippen LogP contribution < -0.4 is 5.73 Å². The highest BCUT2D eigenvalue weighted by Gasteiger charge is 2.04. The van der Waals surface area contributed by atoms with Crippen LogP contribution in [0.4, 0.5) is 10.2 Å². The summed E-state index contributed by atoms with van der Waals surface area (Å²) in [6.07, 6.45) is 1.34. The summed E-state index contributed by atoms with van der Waals surface area (Å²) in [6.45, 7) is 0. The first-order valence-corrected chi connectivity index (χ1v) is 5.18. The van der Waals surface area contributed by atoms with Crippen LogP contribution in [0.15, 0.2) is 30.3 Å². The van der Waals surface area contributed by atoms with E-state index in [9.17, 15) is 4.39 Å². The Morgan fingerprint density at radius 2 is 2.06 bits per heavy atom. The summed E-state index contributed by atoms with van der Waals surface area (Å²) in [5.74, 6) is 0.468. The van der Waals surface area contributed by atoms with Gasteiger partial charge in [0.05, 0.1) is 5.69 Å². The third kappa shape index (κ3) is 2.21. The van der Waals surface area contributed by atoms with E-state index in [1.807, 2.05) is 12.1 Å². The molecule has 0 aliphatic heterocycles. The number of nitrogen functional groups attached to an aromatic ring is 1. The number of hydrogen-bond acceptors (Lipinski definition) is 2. The first-order chi connectivity index (χ1) is 7.66. The third-order valence-corrected chi connectivity index (χ3v) is 2.57. The van der Waals surface area contributed by atoms with Gasteiger partial charge >= 0.3 is 0 Å². The Balaban J connectivity index is 2.05. The van der Waals surface area contributed by atoms with Crippen LogP contribution in [0, 0.1) is 5.82 Å². The topological polar surface area (TPSA) is 43.8 Å². The molecule has 3 nitrogen and oxygen atoms in total. The summed E-state index contributed by atoms with van der Waals surface area (Å²) in [7, 11) is 1.79. The van der Waals surface area contributed by atoms with E-state index in [0.29, 0.717) is 24.2 Å². The number of rotatable bonds is 3. The van der Waals surface area contributed by atoms with Gasteiger partial charge in [-0.25, -0.2) is 4.39 Å². The Labute approximate surface area is 93.7 Å². The Bertz CT molecular complexity index is 471. The molecular formula is C12H14FN3. The highest BCUT2D eigenvalue weighted by molar-refractivity contribution is 5.31. The maximum absolute atomic E-state index is 13.3. The van der Waals surface area contributed by atoms with Crippen LogP contribution in [-0.4, -0.2) is 9.78 Å². The number of hydrogen-bond donors (Lipinski definition) is 1. The average molecular weight is 219 g/mol. The van der Waals surface area contributed by atoms with E-state index >= 15 is 0 Å². The van der Waals surface area contributed by atoms with Crippen LogP contribution in [0.1, 0.15) is 11.3 Å². The van der Waals surface area contributed by atoms with Crippen LogP contribution in [0.25, 0.3) is 0 Å². The Morgan fingerprint density at radius 3 is 2.69 bits per heavy atom. The van der Waals surface area contributed by atoms with E-state index in [1.54, 1.807) is 23.9 Å². The molecule has 0 amide bonds. The van der Waals surface area contributed by atoms with Crippen molar-refractivity contribution in [2.24, 2.45) is 7.05 Å². The quantitative estimate of drug-likeness (QED) is 0.857. The van der Waals surface area contributed by atoms with Gasteiger partial charge in [0, 0.05) is 13.1 Å². The number of nitrogens with two attached hydrogens (primary N) is 1. The molecule has 0 saturated heterocycles. The molecule has 0 aliphatic carbocycles. The van der Waals surface area contributed by atoms with Gasteiger partial charge in [-0.15, -0.1) is 0 Å². The molecule has 0 fully saturated rings. The lowest BCUT2D eigenvalue weighted by molar-refractivity contribution is 0.607. The molecule has 0 aliphatic rings.